The average Bonchev–Trinajstić information content (AvgIpc) is 2.34. The molecule has 9 heteroatoms. The number of amides is 2. The normalized spacial score (nSPS) is 21.8. The van der Waals surface area contributed by atoms with Gasteiger partial charge in [0.25, 0.3) is 0 Å². The molecule has 0 aromatic rings. The van der Waals surface area contributed by atoms with Gasteiger partial charge in [-0.3, -0.25) is 0 Å². The molecule has 0 spiro atoms. The smallest absolute Gasteiger partial charge is 0.326 e. The Kier molecular flexibility index (Phi) is 5.48. The Hall–Kier alpha value is -0.960. The van der Waals surface area contributed by atoms with Crippen molar-refractivity contribution in [3.8, 4) is 0 Å². The number of carbonyl (C=O) groups is 2. The summed E-state index contributed by atoms with van der Waals surface area (Å²) in [6.45, 7) is 1.93. The summed E-state index contributed by atoms with van der Waals surface area (Å²) in [4.78, 5) is 24.1. The van der Waals surface area contributed by atoms with Crippen LogP contribution < -0.4 is 5.32 Å². The first-order valence-corrected chi connectivity index (χ1v) is 8.94. The van der Waals surface area contributed by atoms with Gasteiger partial charge in [0.2, 0.25) is 0 Å². The molecule has 1 rings (SSSR count). The van der Waals surface area contributed by atoms with Gasteiger partial charge in [-0.1, -0.05) is 6.92 Å². The van der Waals surface area contributed by atoms with E-state index in [-0.39, 0.29) is 6.42 Å². The third-order valence-electron chi connectivity index (χ3n) is 2.84. The molecule has 1 heterocycles. The fourth-order valence-corrected chi connectivity index (χ4v) is 4.55. The maximum Gasteiger partial charge on any atom is 0.326 e. The fraction of sp³-hybridized carbons (Fsp3) is 0.800. The van der Waals surface area contributed by atoms with E-state index in [0.29, 0.717) is 18.1 Å². The van der Waals surface area contributed by atoms with Crippen molar-refractivity contribution >= 4 is 33.6 Å². The van der Waals surface area contributed by atoms with E-state index >= 15 is 0 Å². The molecule has 1 aliphatic rings. The van der Waals surface area contributed by atoms with Crippen LogP contribution in [0.4, 0.5) is 4.79 Å². The highest BCUT2D eigenvalue weighted by Gasteiger charge is 2.35. The number of sulfone groups is 1. The summed E-state index contributed by atoms with van der Waals surface area (Å²) in [5.74, 6) is -0.169. The van der Waals surface area contributed by atoms with E-state index in [0.717, 1.165) is 6.26 Å². The minimum absolute atomic E-state index is 0.243. The van der Waals surface area contributed by atoms with Crippen LogP contribution in [-0.2, 0) is 14.6 Å². The Balaban J connectivity index is 2.81. The number of hydrogen-bond acceptors (Lipinski definition) is 5. The largest absolute Gasteiger partial charge is 0.480 e. The summed E-state index contributed by atoms with van der Waals surface area (Å²) < 4.78 is 23.3. The molecule has 0 aliphatic carbocycles. The quantitative estimate of drug-likeness (QED) is 0.756. The Bertz CT molecular complexity index is 451. The summed E-state index contributed by atoms with van der Waals surface area (Å²) >= 11 is 1.46. The standard InChI is InChI=1S/C10H18N2O5S2/c1-3-7(9(13)14)11-10(15)12-4-5-18-6-8(12)19(2,16)17/h7-8H,3-6H2,1-2H3,(H,11,15)(H,13,14)/t7-,8?/m1/s1. The van der Waals surface area contributed by atoms with Crippen LogP contribution in [-0.4, -0.2) is 66.1 Å². The van der Waals surface area contributed by atoms with Crippen molar-refractivity contribution in [3.05, 3.63) is 0 Å². The predicted molar refractivity (Wildman–Crippen MR) is 72.9 cm³/mol. The lowest BCUT2D eigenvalue weighted by Crippen LogP contribution is -2.56. The van der Waals surface area contributed by atoms with Crippen molar-refractivity contribution < 1.29 is 23.1 Å². The van der Waals surface area contributed by atoms with Gasteiger partial charge in [0, 0.05) is 24.3 Å². The van der Waals surface area contributed by atoms with Crippen LogP contribution in [0.1, 0.15) is 13.3 Å². The zero-order valence-corrected chi connectivity index (χ0v) is 12.5. The van der Waals surface area contributed by atoms with Gasteiger partial charge in [0.15, 0.2) is 9.84 Å². The van der Waals surface area contributed by atoms with Crippen molar-refractivity contribution in [2.24, 2.45) is 0 Å². The molecule has 1 fully saturated rings. The van der Waals surface area contributed by atoms with Gasteiger partial charge in [-0.2, -0.15) is 11.8 Å². The minimum Gasteiger partial charge on any atom is -0.480 e. The van der Waals surface area contributed by atoms with Crippen molar-refractivity contribution in [1.29, 1.82) is 0 Å². The van der Waals surface area contributed by atoms with E-state index < -0.39 is 33.3 Å². The number of carbonyl (C=O) groups excluding carboxylic acids is 1. The van der Waals surface area contributed by atoms with Gasteiger partial charge in [-0.05, 0) is 6.42 Å². The first-order chi connectivity index (χ1) is 8.77. The molecule has 1 aliphatic heterocycles. The molecule has 0 aromatic carbocycles. The molecule has 2 amide bonds. The lowest BCUT2D eigenvalue weighted by Gasteiger charge is -2.34. The average molecular weight is 310 g/mol. The summed E-state index contributed by atoms with van der Waals surface area (Å²) in [5, 5.41) is 10.4. The highest BCUT2D eigenvalue weighted by molar-refractivity contribution is 8.00. The van der Waals surface area contributed by atoms with E-state index in [4.69, 9.17) is 5.11 Å². The Morgan fingerprint density at radius 1 is 1.53 bits per heavy atom. The van der Waals surface area contributed by atoms with Crippen molar-refractivity contribution in [3.63, 3.8) is 0 Å². The highest BCUT2D eigenvalue weighted by Crippen LogP contribution is 2.20. The zero-order valence-electron chi connectivity index (χ0n) is 10.8. The number of thioether (sulfide) groups is 1. The third-order valence-corrected chi connectivity index (χ3v) is 5.49. The van der Waals surface area contributed by atoms with Crippen molar-refractivity contribution in [2.45, 2.75) is 24.8 Å². The first kappa shape index (κ1) is 16.1. The summed E-state index contributed by atoms with van der Waals surface area (Å²) in [5.41, 5.74) is 0. The SMILES string of the molecule is CC[C@@H](NC(=O)N1CCSCC1S(C)(=O)=O)C(=O)O. The first-order valence-electron chi connectivity index (χ1n) is 5.84. The molecule has 1 unspecified atom stereocenters. The van der Waals surface area contributed by atoms with Crippen LogP contribution in [0.2, 0.25) is 0 Å². The number of rotatable bonds is 4. The summed E-state index contributed by atoms with van der Waals surface area (Å²) in [6, 6.07) is -1.63. The molecule has 1 saturated heterocycles. The van der Waals surface area contributed by atoms with Gasteiger partial charge in [0.1, 0.15) is 11.4 Å². The van der Waals surface area contributed by atoms with Crippen LogP contribution in [0.3, 0.4) is 0 Å². The fourth-order valence-electron chi connectivity index (χ4n) is 1.74. The molecular formula is C10H18N2O5S2. The number of aliphatic carboxylic acids is 1. The number of nitrogens with one attached hydrogen (secondary N) is 1. The maximum atomic E-state index is 12.0. The maximum absolute atomic E-state index is 12.0. The summed E-state index contributed by atoms with van der Waals surface area (Å²) in [7, 11) is -3.39. The van der Waals surface area contributed by atoms with Crippen LogP contribution >= 0.6 is 11.8 Å². The number of carboxylic acid groups (broad SMARTS) is 1. The number of nitrogens with zero attached hydrogens (tertiary/aromatic N) is 1. The highest BCUT2D eigenvalue weighted by atomic mass is 32.2. The van der Waals surface area contributed by atoms with E-state index in [2.05, 4.69) is 5.32 Å². The van der Waals surface area contributed by atoms with E-state index in [9.17, 15) is 18.0 Å². The second-order valence-corrected chi connectivity index (χ2v) is 7.65. The molecule has 0 bridgehead atoms. The lowest BCUT2D eigenvalue weighted by atomic mass is 10.2. The van der Waals surface area contributed by atoms with Crippen LogP contribution in [0.15, 0.2) is 0 Å². The molecule has 19 heavy (non-hydrogen) atoms. The zero-order chi connectivity index (χ0) is 14.6. The third kappa shape index (κ3) is 4.27. The molecule has 7 nitrogen and oxygen atoms in total. The number of hydrogen-bond donors (Lipinski definition) is 2. The lowest BCUT2D eigenvalue weighted by molar-refractivity contribution is -0.139. The van der Waals surface area contributed by atoms with Gasteiger partial charge in [-0.15, -0.1) is 0 Å². The molecule has 2 N–H and O–H groups in total. The Labute approximate surface area is 116 Å². The molecule has 0 radical (unpaired) electrons. The number of urea groups is 1. The molecule has 2 atom stereocenters. The van der Waals surface area contributed by atoms with E-state index in [1.807, 2.05) is 0 Å². The molecule has 0 saturated carbocycles. The molecule has 110 valence electrons. The van der Waals surface area contributed by atoms with Crippen molar-refractivity contribution in [2.75, 3.05) is 24.3 Å². The molecular weight excluding hydrogens is 292 g/mol. The predicted octanol–water partition coefficient (Wildman–Crippen LogP) is -0.0213. The van der Waals surface area contributed by atoms with Gasteiger partial charge in [0.05, 0.1) is 0 Å². The topological polar surface area (TPSA) is 104 Å². The second-order valence-electron chi connectivity index (χ2n) is 4.30. The monoisotopic (exact) mass is 310 g/mol. The van der Waals surface area contributed by atoms with Crippen molar-refractivity contribution in [1.82, 2.24) is 10.2 Å². The van der Waals surface area contributed by atoms with E-state index in [1.165, 1.54) is 16.7 Å². The van der Waals surface area contributed by atoms with Gasteiger partial charge in [-0.25, -0.2) is 18.0 Å². The van der Waals surface area contributed by atoms with Gasteiger partial charge >= 0.3 is 12.0 Å². The van der Waals surface area contributed by atoms with Gasteiger partial charge < -0.3 is 15.3 Å². The second kappa shape index (κ2) is 6.47. The Morgan fingerprint density at radius 3 is 2.63 bits per heavy atom. The Morgan fingerprint density at radius 2 is 2.16 bits per heavy atom. The minimum atomic E-state index is -3.39. The van der Waals surface area contributed by atoms with Crippen LogP contribution in [0.25, 0.3) is 0 Å². The van der Waals surface area contributed by atoms with Crippen LogP contribution in [0, 0.1) is 0 Å². The summed E-state index contributed by atoms with van der Waals surface area (Å²) in [6.07, 6.45) is 1.32. The number of carboxylic acids is 1. The molecule has 0 aromatic heterocycles. The van der Waals surface area contributed by atoms with Crippen LogP contribution in [0.5, 0.6) is 0 Å². The van der Waals surface area contributed by atoms with E-state index in [1.54, 1.807) is 6.92 Å².